The summed E-state index contributed by atoms with van der Waals surface area (Å²) in [6.07, 6.45) is 11.3. The van der Waals surface area contributed by atoms with E-state index in [1.807, 2.05) is 13.0 Å². The van der Waals surface area contributed by atoms with E-state index < -0.39 is 5.41 Å². The second-order valence-electron chi connectivity index (χ2n) is 10.8. The van der Waals surface area contributed by atoms with Crippen LogP contribution in [0.3, 0.4) is 0 Å². The molecule has 4 nitrogen and oxygen atoms in total. The molecule has 4 atom stereocenters. The number of carbonyl (C=O) groups excluding carboxylic acids is 1. The molecule has 5 N–H and O–H groups in total. The van der Waals surface area contributed by atoms with Crippen LogP contribution in [0, 0.1) is 16.7 Å². The van der Waals surface area contributed by atoms with E-state index in [2.05, 4.69) is 31.2 Å². The number of benzene rings is 1. The Labute approximate surface area is 176 Å². The number of amides is 1. The van der Waals surface area contributed by atoms with Gasteiger partial charge in [-0.1, -0.05) is 63.4 Å². The summed E-state index contributed by atoms with van der Waals surface area (Å²) in [6.45, 7) is 4.43. The zero-order valence-electron chi connectivity index (χ0n) is 18.3. The van der Waals surface area contributed by atoms with Crippen molar-refractivity contribution in [3.63, 3.8) is 0 Å². The number of primary amides is 1. The molecule has 3 saturated carbocycles. The standard InChI is InChI=1S/C19H27NO2.C6H13N/c1-17(13-21)8-14-9-18(2,16(20)22)12-19(10-14,11-17)15-6-4-3-5-7-15;7-6-4-2-1-3-5-6/h3-7,14,21H,8-13H2,1-2H3,(H2,20,22);6H,1-5,7H2. The number of aliphatic hydroxyl groups excluding tert-OH is 1. The van der Waals surface area contributed by atoms with Crippen molar-refractivity contribution in [2.45, 2.75) is 89.5 Å². The smallest absolute Gasteiger partial charge is 0.223 e. The first-order valence-electron chi connectivity index (χ1n) is 11.4. The van der Waals surface area contributed by atoms with Crippen molar-refractivity contribution in [3.05, 3.63) is 35.9 Å². The maximum absolute atomic E-state index is 12.1. The van der Waals surface area contributed by atoms with E-state index in [-0.39, 0.29) is 23.3 Å². The lowest BCUT2D eigenvalue weighted by atomic mass is 9.47. The van der Waals surface area contributed by atoms with E-state index in [0.717, 1.165) is 32.1 Å². The molecular formula is C25H40N2O2. The van der Waals surface area contributed by atoms with Gasteiger partial charge in [0.25, 0.3) is 0 Å². The van der Waals surface area contributed by atoms with Crippen molar-refractivity contribution in [1.82, 2.24) is 0 Å². The van der Waals surface area contributed by atoms with Crippen LogP contribution in [0.25, 0.3) is 0 Å². The SMILES string of the molecule is CC1(CO)CC2CC(C)(C(N)=O)CC(c3ccccc3)(C2)C1.NC1CCCCC1. The molecular weight excluding hydrogens is 360 g/mol. The minimum absolute atomic E-state index is 0.0380. The van der Waals surface area contributed by atoms with Gasteiger partial charge in [0.05, 0.1) is 0 Å². The minimum Gasteiger partial charge on any atom is -0.396 e. The number of rotatable bonds is 3. The van der Waals surface area contributed by atoms with Gasteiger partial charge in [-0.15, -0.1) is 0 Å². The first kappa shape index (κ1) is 22.3. The number of nitrogens with two attached hydrogens (primary N) is 2. The average Bonchev–Trinajstić information content (AvgIpc) is 2.69. The summed E-state index contributed by atoms with van der Waals surface area (Å²) in [5.74, 6) is 0.280. The molecule has 0 heterocycles. The number of hydrogen-bond donors (Lipinski definition) is 3. The number of fused-ring (bicyclic) bond motifs is 2. The third-order valence-corrected chi connectivity index (χ3v) is 7.71. The molecule has 1 aromatic rings. The molecule has 3 aliphatic rings. The molecule has 4 heteroatoms. The lowest BCUT2D eigenvalue weighted by Crippen LogP contribution is -2.54. The van der Waals surface area contributed by atoms with Crippen LogP contribution in [-0.2, 0) is 10.2 Å². The summed E-state index contributed by atoms with van der Waals surface area (Å²) in [6, 6.07) is 11.1. The molecule has 0 aliphatic heterocycles. The lowest BCUT2D eigenvalue weighted by Gasteiger charge is -2.57. The Hall–Kier alpha value is -1.39. The van der Waals surface area contributed by atoms with Gasteiger partial charge in [0.1, 0.15) is 0 Å². The first-order valence-corrected chi connectivity index (χ1v) is 11.4. The highest BCUT2D eigenvalue weighted by molar-refractivity contribution is 5.80. The predicted molar refractivity (Wildman–Crippen MR) is 118 cm³/mol. The van der Waals surface area contributed by atoms with Crippen molar-refractivity contribution in [1.29, 1.82) is 0 Å². The molecule has 1 aromatic carbocycles. The van der Waals surface area contributed by atoms with Crippen LogP contribution in [0.1, 0.15) is 83.6 Å². The second-order valence-corrected chi connectivity index (χ2v) is 10.8. The third-order valence-electron chi connectivity index (χ3n) is 7.71. The number of carbonyl (C=O) groups is 1. The van der Waals surface area contributed by atoms with E-state index >= 15 is 0 Å². The van der Waals surface area contributed by atoms with E-state index in [9.17, 15) is 9.90 Å². The highest BCUT2D eigenvalue weighted by Gasteiger charge is 2.55. The highest BCUT2D eigenvalue weighted by Crippen LogP contribution is 2.60. The maximum Gasteiger partial charge on any atom is 0.223 e. The number of aliphatic hydroxyl groups is 1. The minimum atomic E-state index is -0.435. The molecule has 0 radical (unpaired) electrons. The Morgan fingerprint density at radius 2 is 1.69 bits per heavy atom. The zero-order chi connectivity index (χ0) is 21.1. The molecule has 4 unspecified atom stereocenters. The van der Waals surface area contributed by atoms with Gasteiger partial charge >= 0.3 is 0 Å². The quantitative estimate of drug-likeness (QED) is 0.707. The third kappa shape index (κ3) is 5.03. The van der Waals surface area contributed by atoms with Gasteiger partial charge in [0.2, 0.25) is 5.91 Å². The average molecular weight is 401 g/mol. The van der Waals surface area contributed by atoms with Crippen molar-refractivity contribution >= 4 is 5.91 Å². The molecule has 162 valence electrons. The Bertz CT molecular complexity index is 687. The van der Waals surface area contributed by atoms with Crippen LogP contribution in [0.5, 0.6) is 0 Å². The van der Waals surface area contributed by atoms with Crippen LogP contribution in [0.2, 0.25) is 0 Å². The summed E-state index contributed by atoms with van der Waals surface area (Å²) >= 11 is 0. The van der Waals surface area contributed by atoms with Crippen molar-refractivity contribution in [2.75, 3.05) is 6.61 Å². The van der Waals surface area contributed by atoms with Crippen LogP contribution in [0.4, 0.5) is 0 Å². The van der Waals surface area contributed by atoms with Crippen molar-refractivity contribution in [2.24, 2.45) is 28.2 Å². The van der Waals surface area contributed by atoms with Crippen LogP contribution >= 0.6 is 0 Å². The van der Waals surface area contributed by atoms with E-state index in [1.165, 1.54) is 37.7 Å². The Kier molecular flexibility index (Phi) is 6.74. The van der Waals surface area contributed by atoms with Gasteiger partial charge in [-0.3, -0.25) is 4.79 Å². The van der Waals surface area contributed by atoms with Gasteiger partial charge in [-0.25, -0.2) is 0 Å². The lowest BCUT2D eigenvalue weighted by molar-refractivity contribution is -0.135. The van der Waals surface area contributed by atoms with Crippen LogP contribution in [0.15, 0.2) is 30.3 Å². The van der Waals surface area contributed by atoms with E-state index in [4.69, 9.17) is 11.5 Å². The molecule has 0 aromatic heterocycles. The monoisotopic (exact) mass is 400 g/mol. The molecule has 0 saturated heterocycles. The first-order chi connectivity index (χ1) is 13.7. The van der Waals surface area contributed by atoms with Gasteiger partial charge in [-0.2, -0.15) is 0 Å². The van der Waals surface area contributed by atoms with Gasteiger partial charge < -0.3 is 16.6 Å². The molecule has 1 amide bonds. The molecule has 29 heavy (non-hydrogen) atoms. The van der Waals surface area contributed by atoms with E-state index in [0.29, 0.717) is 12.0 Å². The Balaban J connectivity index is 0.000000290. The van der Waals surface area contributed by atoms with Crippen molar-refractivity contribution < 1.29 is 9.90 Å². The molecule has 3 aliphatic carbocycles. The normalized spacial score (nSPS) is 37.3. The molecule has 3 fully saturated rings. The highest BCUT2D eigenvalue weighted by atomic mass is 16.3. The Morgan fingerprint density at radius 3 is 2.21 bits per heavy atom. The summed E-state index contributed by atoms with van der Waals surface area (Å²) in [4.78, 5) is 12.1. The van der Waals surface area contributed by atoms with Gasteiger partial charge in [0, 0.05) is 18.1 Å². The summed E-state index contributed by atoms with van der Waals surface area (Å²) in [7, 11) is 0. The van der Waals surface area contributed by atoms with Crippen LogP contribution in [-0.4, -0.2) is 23.7 Å². The summed E-state index contributed by atoms with van der Waals surface area (Å²) < 4.78 is 0. The molecule has 0 spiro atoms. The van der Waals surface area contributed by atoms with Gasteiger partial charge in [-0.05, 0) is 67.3 Å². The Morgan fingerprint density at radius 1 is 1.03 bits per heavy atom. The second kappa shape index (κ2) is 8.77. The largest absolute Gasteiger partial charge is 0.396 e. The summed E-state index contributed by atoms with van der Waals surface area (Å²) in [5, 5.41) is 9.91. The maximum atomic E-state index is 12.1. The fourth-order valence-electron chi connectivity index (χ4n) is 6.57. The fraction of sp³-hybridized carbons (Fsp3) is 0.720. The molecule has 2 bridgehead atoms. The summed E-state index contributed by atoms with van der Waals surface area (Å²) in [5.41, 5.74) is 12.2. The van der Waals surface area contributed by atoms with Crippen molar-refractivity contribution in [3.8, 4) is 0 Å². The molecule has 4 rings (SSSR count). The van der Waals surface area contributed by atoms with Gasteiger partial charge in [0.15, 0.2) is 0 Å². The van der Waals surface area contributed by atoms with Crippen LogP contribution < -0.4 is 11.5 Å². The zero-order valence-corrected chi connectivity index (χ0v) is 18.3. The van der Waals surface area contributed by atoms with E-state index in [1.54, 1.807) is 0 Å². The predicted octanol–water partition coefficient (Wildman–Crippen LogP) is 4.29. The topological polar surface area (TPSA) is 89.3 Å². The number of hydrogen-bond acceptors (Lipinski definition) is 3. The fourth-order valence-corrected chi connectivity index (χ4v) is 6.57.